The van der Waals surface area contributed by atoms with E-state index < -0.39 is 23.8 Å². The second kappa shape index (κ2) is 6.06. The first-order valence-corrected chi connectivity index (χ1v) is 7.30. The SMILES string of the molecule is NC(=O)C1CCCN1c1cc(C(F)(F)F)nc(-c2ccccn2)n1. The molecular weight excluding hydrogens is 323 g/mol. The van der Waals surface area contributed by atoms with Crippen molar-refractivity contribution in [3.63, 3.8) is 0 Å². The molecule has 0 radical (unpaired) electrons. The Morgan fingerprint density at radius 1 is 1.29 bits per heavy atom. The number of pyridine rings is 1. The van der Waals surface area contributed by atoms with Crippen molar-refractivity contribution in [1.29, 1.82) is 0 Å². The molecule has 9 heteroatoms. The molecule has 3 heterocycles. The summed E-state index contributed by atoms with van der Waals surface area (Å²) < 4.78 is 39.6. The number of carbonyl (C=O) groups excluding carboxylic acids is 1. The Kier molecular flexibility index (Phi) is 4.08. The monoisotopic (exact) mass is 337 g/mol. The van der Waals surface area contributed by atoms with Crippen LogP contribution < -0.4 is 10.6 Å². The van der Waals surface area contributed by atoms with E-state index in [-0.39, 0.29) is 17.3 Å². The molecule has 1 aliphatic heterocycles. The number of carbonyl (C=O) groups is 1. The minimum atomic E-state index is -4.64. The highest BCUT2D eigenvalue weighted by Crippen LogP contribution is 2.33. The van der Waals surface area contributed by atoms with Gasteiger partial charge < -0.3 is 10.6 Å². The number of nitrogens with two attached hydrogens (primary N) is 1. The van der Waals surface area contributed by atoms with Gasteiger partial charge in [0.15, 0.2) is 11.5 Å². The Morgan fingerprint density at radius 2 is 2.08 bits per heavy atom. The van der Waals surface area contributed by atoms with Crippen molar-refractivity contribution in [3.05, 3.63) is 36.2 Å². The summed E-state index contributed by atoms with van der Waals surface area (Å²) in [6, 6.07) is 4.97. The zero-order valence-corrected chi connectivity index (χ0v) is 12.5. The van der Waals surface area contributed by atoms with E-state index >= 15 is 0 Å². The molecular formula is C15H14F3N5O. The van der Waals surface area contributed by atoms with Gasteiger partial charge in [-0.15, -0.1) is 0 Å². The van der Waals surface area contributed by atoms with E-state index in [1.165, 1.54) is 17.2 Å². The number of primary amides is 1. The van der Waals surface area contributed by atoms with E-state index in [0.717, 1.165) is 6.07 Å². The Labute approximate surface area is 135 Å². The average Bonchev–Trinajstić information content (AvgIpc) is 3.04. The van der Waals surface area contributed by atoms with Gasteiger partial charge in [0.2, 0.25) is 5.91 Å². The van der Waals surface area contributed by atoms with Gasteiger partial charge in [-0.05, 0) is 25.0 Å². The van der Waals surface area contributed by atoms with Crippen LogP contribution >= 0.6 is 0 Å². The maximum absolute atomic E-state index is 13.2. The van der Waals surface area contributed by atoms with Crippen molar-refractivity contribution in [3.8, 4) is 11.5 Å². The smallest absolute Gasteiger partial charge is 0.368 e. The number of amides is 1. The third kappa shape index (κ3) is 3.15. The summed E-state index contributed by atoms with van der Waals surface area (Å²) in [6.07, 6.45) is -2.05. The minimum Gasteiger partial charge on any atom is -0.368 e. The lowest BCUT2D eigenvalue weighted by Crippen LogP contribution is -2.41. The third-order valence-electron chi connectivity index (χ3n) is 3.77. The van der Waals surface area contributed by atoms with Gasteiger partial charge in [0.05, 0.1) is 0 Å². The largest absolute Gasteiger partial charge is 0.433 e. The molecule has 126 valence electrons. The molecule has 0 aliphatic carbocycles. The molecule has 1 fully saturated rings. The third-order valence-corrected chi connectivity index (χ3v) is 3.77. The number of alkyl halides is 3. The summed E-state index contributed by atoms with van der Waals surface area (Å²) >= 11 is 0. The van der Waals surface area contributed by atoms with Crippen LogP contribution in [0.25, 0.3) is 11.5 Å². The molecule has 0 saturated carbocycles. The van der Waals surface area contributed by atoms with Crippen molar-refractivity contribution < 1.29 is 18.0 Å². The molecule has 0 spiro atoms. The molecule has 2 N–H and O–H groups in total. The number of rotatable bonds is 3. The first-order chi connectivity index (χ1) is 11.4. The number of aromatic nitrogens is 3. The predicted octanol–water partition coefficient (Wildman–Crippen LogP) is 2.01. The van der Waals surface area contributed by atoms with E-state index in [0.29, 0.717) is 19.4 Å². The molecule has 0 bridgehead atoms. The van der Waals surface area contributed by atoms with Crippen molar-refractivity contribution in [2.45, 2.75) is 25.1 Å². The normalized spacial score (nSPS) is 18.0. The highest BCUT2D eigenvalue weighted by Gasteiger charge is 2.36. The topological polar surface area (TPSA) is 85.0 Å². The second-order valence-corrected chi connectivity index (χ2v) is 5.40. The molecule has 1 aliphatic rings. The van der Waals surface area contributed by atoms with Crippen LogP contribution in [0.3, 0.4) is 0 Å². The van der Waals surface area contributed by atoms with Gasteiger partial charge in [0.25, 0.3) is 0 Å². The van der Waals surface area contributed by atoms with E-state index in [1.54, 1.807) is 12.1 Å². The Morgan fingerprint density at radius 3 is 2.71 bits per heavy atom. The Balaban J connectivity index is 2.11. The zero-order chi connectivity index (χ0) is 17.3. The Hall–Kier alpha value is -2.71. The maximum atomic E-state index is 13.2. The summed E-state index contributed by atoms with van der Waals surface area (Å²) in [5.41, 5.74) is 4.48. The molecule has 3 rings (SSSR count). The lowest BCUT2D eigenvalue weighted by molar-refractivity contribution is -0.141. The number of halogens is 3. The highest BCUT2D eigenvalue weighted by molar-refractivity contribution is 5.84. The van der Waals surface area contributed by atoms with Crippen LogP contribution in [0.2, 0.25) is 0 Å². The van der Waals surface area contributed by atoms with Crippen LogP contribution in [0.1, 0.15) is 18.5 Å². The molecule has 2 aromatic heterocycles. The fourth-order valence-electron chi connectivity index (χ4n) is 2.67. The first kappa shape index (κ1) is 16.2. The summed E-state index contributed by atoms with van der Waals surface area (Å²) in [6.45, 7) is 0.406. The molecule has 2 aromatic rings. The Bertz CT molecular complexity index is 751. The average molecular weight is 337 g/mol. The van der Waals surface area contributed by atoms with Crippen LogP contribution in [-0.2, 0) is 11.0 Å². The van der Waals surface area contributed by atoms with E-state index in [1.807, 2.05) is 0 Å². The minimum absolute atomic E-state index is 0.0271. The molecule has 1 atom stereocenters. The van der Waals surface area contributed by atoms with Gasteiger partial charge in [-0.1, -0.05) is 6.07 Å². The molecule has 1 amide bonds. The van der Waals surface area contributed by atoms with Gasteiger partial charge in [0, 0.05) is 18.8 Å². The van der Waals surface area contributed by atoms with Crippen LogP contribution in [0, 0.1) is 0 Å². The van der Waals surface area contributed by atoms with E-state index in [4.69, 9.17) is 5.73 Å². The van der Waals surface area contributed by atoms with Crippen molar-refractivity contribution in [2.75, 3.05) is 11.4 Å². The van der Waals surface area contributed by atoms with Crippen LogP contribution in [0.4, 0.5) is 19.0 Å². The number of hydrogen-bond donors (Lipinski definition) is 1. The standard InChI is InChI=1S/C15H14F3N5O/c16-15(17,18)11-8-12(23-7-3-5-10(23)13(19)24)22-14(21-11)9-4-1-2-6-20-9/h1-2,4,6,8,10H,3,5,7H2,(H2,19,24). The van der Waals surface area contributed by atoms with Crippen LogP contribution in [0.15, 0.2) is 30.5 Å². The van der Waals surface area contributed by atoms with Crippen LogP contribution in [-0.4, -0.2) is 33.4 Å². The predicted molar refractivity (Wildman–Crippen MR) is 79.8 cm³/mol. The zero-order valence-electron chi connectivity index (χ0n) is 12.5. The van der Waals surface area contributed by atoms with E-state index in [2.05, 4.69) is 15.0 Å². The summed E-state index contributed by atoms with van der Waals surface area (Å²) in [7, 11) is 0. The summed E-state index contributed by atoms with van der Waals surface area (Å²) in [4.78, 5) is 24.8. The van der Waals surface area contributed by atoms with Crippen molar-refractivity contribution in [1.82, 2.24) is 15.0 Å². The van der Waals surface area contributed by atoms with Crippen molar-refractivity contribution >= 4 is 11.7 Å². The molecule has 0 aromatic carbocycles. The van der Waals surface area contributed by atoms with Gasteiger partial charge in [0.1, 0.15) is 17.6 Å². The fourth-order valence-corrected chi connectivity index (χ4v) is 2.67. The fraction of sp³-hybridized carbons (Fsp3) is 0.333. The lowest BCUT2D eigenvalue weighted by Gasteiger charge is -2.24. The van der Waals surface area contributed by atoms with Gasteiger partial charge in [-0.25, -0.2) is 9.97 Å². The summed E-state index contributed by atoms with van der Waals surface area (Å²) in [5.74, 6) is -0.700. The second-order valence-electron chi connectivity index (χ2n) is 5.40. The van der Waals surface area contributed by atoms with E-state index in [9.17, 15) is 18.0 Å². The first-order valence-electron chi connectivity index (χ1n) is 7.30. The van der Waals surface area contributed by atoms with Gasteiger partial charge in [-0.3, -0.25) is 9.78 Å². The molecule has 6 nitrogen and oxygen atoms in total. The highest BCUT2D eigenvalue weighted by atomic mass is 19.4. The maximum Gasteiger partial charge on any atom is 0.433 e. The van der Waals surface area contributed by atoms with Crippen LogP contribution in [0.5, 0.6) is 0 Å². The molecule has 1 saturated heterocycles. The quantitative estimate of drug-likeness (QED) is 0.926. The number of hydrogen-bond acceptors (Lipinski definition) is 5. The summed E-state index contributed by atoms with van der Waals surface area (Å²) in [5, 5.41) is 0. The number of nitrogens with zero attached hydrogens (tertiary/aromatic N) is 4. The molecule has 24 heavy (non-hydrogen) atoms. The lowest BCUT2D eigenvalue weighted by atomic mass is 10.2. The molecule has 1 unspecified atom stereocenters. The number of anilines is 1. The van der Waals surface area contributed by atoms with Gasteiger partial charge in [-0.2, -0.15) is 13.2 Å². The van der Waals surface area contributed by atoms with Gasteiger partial charge >= 0.3 is 6.18 Å². The van der Waals surface area contributed by atoms with Crippen molar-refractivity contribution in [2.24, 2.45) is 5.73 Å².